The van der Waals surface area contributed by atoms with Crippen LogP contribution < -0.4 is 10.1 Å². The number of anilines is 2. The van der Waals surface area contributed by atoms with Crippen LogP contribution in [0.15, 0.2) is 58.6 Å². The van der Waals surface area contributed by atoms with E-state index in [1.54, 1.807) is 0 Å². The van der Waals surface area contributed by atoms with Crippen LogP contribution in [0.2, 0.25) is 5.28 Å². The Morgan fingerprint density at radius 1 is 1.00 bits per heavy atom. The van der Waals surface area contributed by atoms with Gasteiger partial charge in [0.25, 0.3) is 0 Å². The van der Waals surface area contributed by atoms with Gasteiger partial charge in [-0.3, -0.25) is 0 Å². The van der Waals surface area contributed by atoms with Crippen LogP contribution in [0.5, 0.6) is 5.75 Å². The molecule has 0 amide bonds. The van der Waals surface area contributed by atoms with E-state index in [0.717, 1.165) is 11.3 Å². The van der Waals surface area contributed by atoms with E-state index < -0.39 is 6.36 Å². The molecule has 0 fully saturated rings. The molecule has 0 radical (unpaired) electrons. The Morgan fingerprint density at radius 3 is 2.29 bits per heavy atom. The van der Waals surface area contributed by atoms with Crippen LogP contribution in [0.25, 0.3) is 0 Å². The second kappa shape index (κ2) is 8.66. The molecule has 0 saturated heterocycles. The summed E-state index contributed by atoms with van der Waals surface area (Å²) in [6.45, 7) is 2.08. The lowest BCUT2D eigenvalue weighted by Gasteiger charge is -2.10. The Labute approximate surface area is 168 Å². The van der Waals surface area contributed by atoms with Gasteiger partial charge in [0.15, 0.2) is 5.16 Å². The molecule has 1 N–H and O–H groups in total. The zero-order valence-electron chi connectivity index (χ0n) is 14.5. The maximum atomic E-state index is 12.2. The molecule has 146 valence electrons. The number of halogens is 4. The molecule has 28 heavy (non-hydrogen) atoms. The number of hydrogen-bond acceptors (Lipinski definition) is 6. The van der Waals surface area contributed by atoms with Gasteiger partial charge in [0, 0.05) is 10.6 Å². The van der Waals surface area contributed by atoms with E-state index >= 15 is 0 Å². The summed E-state index contributed by atoms with van der Waals surface area (Å²) in [7, 11) is 0. The third kappa shape index (κ3) is 6.00. The molecular formula is C18H14ClF3N4OS. The van der Waals surface area contributed by atoms with Gasteiger partial charge in [-0.2, -0.15) is 15.0 Å². The molecule has 1 aromatic heterocycles. The summed E-state index contributed by atoms with van der Waals surface area (Å²) in [4.78, 5) is 13.3. The molecule has 0 spiro atoms. The van der Waals surface area contributed by atoms with Gasteiger partial charge in [-0.1, -0.05) is 19.1 Å². The van der Waals surface area contributed by atoms with Crippen LogP contribution in [-0.2, 0) is 6.42 Å². The fourth-order valence-electron chi connectivity index (χ4n) is 2.20. The van der Waals surface area contributed by atoms with Gasteiger partial charge in [0.2, 0.25) is 11.2 Å². The first-order valence-electron chi connectivity index (χ1n) is 8.12. The van der Waals surface area contributed by atoms with E-state index in [0.29, 0.717) is 10.8 Å². The van der Waals surface area contributed by atoms with Gasteiger partial charge >= 0.3 is 6.36 Å². The molecule has 3 rings (SSSR count). The smallest absolute Gasteiger partial charge is 0.406 e. The summed E-state index contributed by atoms with van der Waals surface area (Å²) in [5, 5.41) is 3.28. The Bertz CT molecular complexity index is 937. The van der Waals surface area contributed by atoms with Crippen LogP contribution in [0.1, 0.15) is 12.5 Å². The van der Waals surface area contributed by atoms with Gasteiger partial charge < -0.3 is 10.1 Å². The van der Waals surface area contributed by atoms with E-state index in [9.17, 15) is 13.2 Å². The molecule has 0 bridgehead atoms. The lowest BCUT2D eigenvalue weighted by molar-refractivity contribution is -0.274. The van der Waals surface area contributed by atoms with Crippen LogP contribution in [0.4, 0.5) is 24.8 Å². The lowest BCUT2D eigenvalue weighted by Crippen LogP contribution is -2.17. The lowest BCUT2D eigenvalue weighted by atomic mass is 10.2. The highest BCUT2D eigenvalue weighted by atomic mass is 35.5. The van der Waals surface area contributed by atoms with Crippen LogP contribution in [0.3, 0.4) is 0 Å². The predicted molar refractivity (Wildman–Crippen MR) is 101 cm³/mol. The van der Waals surface area contributed by atoms with E-state index in [4.69, 9.17) is 11.6 Å². The molecule has 0 unspecified atom stereocenters. The van der Waals surface area contributed by atoms with Crippen molar-refractivity contribution < 1.29 is 17.9 Å². The van der Waals surface area contributed by atoms with Crippen molar-refractivity contribution in [3.8, 4) is 5.75 Å². The number of nitrogens with one attached hydrogen (secondary N) is 1. The molecule has 0 saturated carbocycles. The number of ether oxygens (including phenoxy) is 1. The third-order valence-corrected chi connectivity index (χ3v) is 4.51. The second-order valence-corrected chi connectivity index (χ2v) is 6.89. The molecule has 5 nitrogen and oxygen atoms in total. The average Bonchev–Trinajstić information content (AvgIpc) is 2.62. The fraction of sp³-hybridized carbons (Fsp3) is 0.167. The minimum Gasteiger partial charge on any atom is -0.406 e. The predicted octanol–water partition coefficient (Wildman–Crippen LogP) is 5.88. The highest BCUT2D eigenvalue weighted by Gasteiger charge is 2.30. The molecule has 0 aliphatic carbocycles. The van der Waals surface area contributed by atoms with Crippen molar-refractivity contribution in [2.24, 2.45) is 0 Å². The third-order valence-electron chi connectivity index (χ3n) is 3.47. The van der Waals surface area contributed by atoms with Gasteiger partial charge in [0.05, 0.1) is 0 Å². The molecule has 1 heterocycles. The molecule has 0 atom stereocenters. The number of hydrogen-bond donors (Lipinski definition) is 1. The number of rotatable bonds is 6. The summed E-state index contributed by atoms with van der Waals surface area (Å²) in [6, 6.07) is 13.2. The molecule has 2 aromatic carbocycles. The van der Waals surface area contributed by atoms with Crippen molar-refractivity contribution in [3.63, 3.8) is 0 Å². The van der Waals surface area contributed by atoms with Gasteiger partial charge in [-0.05, 0) is 71.7 Å². The summed E-state index contributed by atoms with van der Waals surface area (Å²) in [5.74, 6) is -0.143. The Hall–Kier alpha value is -2.52. The maximum Gasteiger partial charge on any atom is 0.573 e. The highest BCUT2D eigenvalue weighted by molar-refractivity contribution is 7.99. The standard InChI is InChI=1S/C18H14ClF3N4OS/c1-2-11-3-9-14(10-4-11)28-17-25-15(19)24-16(26-17)23-12-5-7-13(8-6-12)27-18(20,21)22/h3-10H,2H2,1H3,(H,23,24,25,26). The van der Waals surface area contributed by atoms with E-state index in [1.165, 1.54) is 41.6 Å². The second-order valence-electron chi connectivity index (χ2n) is 5.51. The fourth-order valence-corrected chi connectivity index (χ4v) is 3.16. The van der Waals surface area contributed by atoms with Crippen molar-refractivity contribution >= 4 is 35.0 Å². The number of benzene rings is 2. The first kappa shape index (κ1) is 20.2. The topological polar surface area (TPSA) is 59.9 Å². The van der Waals surface area contributed by atoms with Crippen molar-refractivity contribution in [2.45, 2.75) is 29.8 Å². The van der Waals surface area contributed by atoms with Crippen molar-refractivity contribution in [2.75, 3.05) is 5.32 Å². The van der Waals surface area contributed by atoms with E-state index in [1.807, 2.05) is 24.3 Å². The molecular weight excluding hydrogens is 413 g/mol. The summed E-state index contributed by atoms with van der Waals surface area (Å²) < 4.78 is 40.5. The summed E-state index contributed by atoms with van der Waals surface area (Å²) in [5.41, 5.74) is 1.69. The number of nitrogens with zero attached hydrogens (tertiary/aromatic N) is 3. The maximum absolute atomic E-state index is 12.2. The minimum absolute atomic E-state index is 0.00204. The zero-order chi connectivity index (χ0) is 20.1. The van der Waals surface area contributed by atoms with Gasteiger partial charge in [-0.25, -0.2) is 0 Å². The average molecular weight is 427 g/mol. The van der Waals surface area contributed by atoms with E-state index in [2.05, 4.69) is 31.9 Å². The molecule has 0 aliphatic heterocycles. The highest BCUT2D eigenvalue weighted by Crippen LogP contribution is 2.28. The molecule has 0 aliphatic rings. The van der Waals surface area contributed by atoms with Crippen LogP contribution >= 0.6 is 23.4 Å². The molecule has 10 heteroatoms. The first-order valence-corrected chi connectivity index (χ1v) is 9.31. The number of aryl methyl sites for hydroxylation is 1. The van der Waals surface area contributed by atoms with Crippen molar-refractivity contribution in [1.29, 1.82) is 0 Å². The normalized spacial score (nSPS) is 11.3. The largest absolute Gasteiger partial charge is 0.573 e. The Kier molecular flexibility index (Phi) is 6.25. The van der Waals surface area contributed by atoms with Crippen LogP contribution in [0, 0.1) is 0 Å². The van der Waals surface area contributed by atoms with Gasteiger partial charge in [0.1, 0.15) is 5.75 Å². The molecule has 3 aromatic rings. The van der Waals surface area contributed by atoms with Crippen molar-refractivity contribution in [1.82, 2.24) is 15.0 Å². The zero-order valence-corrected chi connectivity index (χ0v) is 16.1. The number of aromatic nitrogens is 3. The van der Waals surface area contributed by atoms with E-state index in [-0.39, 0.29) is 17.0 Å². The minimum atomic E-state index is -4.74. The Morgan fingerprint density at radius 2 is 1.68 bits per heavy atom. The summed E-state index contributed by atoms with van der Waals surface area (Å²) in [6.07, 6.45) is -3.79. The summed E-state index contributed by atoms with van der Waals surface area (Å²) >= 11 is 7.29. The Balaban J connectivity index is 1.72. The van der Waals surface area contributed by atoms with Crippen molar-refractivity contribution in [3.05, 3.63) is 59.4 Å². The quantitative estimate of drug-likeness (QED) is 0.531. The monoisotopic (exact) mass is 426 g/mol. The van der Waals surface area contributed by atoms with Crippen LogP contribution in [-0.4, -0.2) is 21.3 Å². The van der Waals surface area contributed by atoms with Gasteiger partial charge in [-0.15, -0.1) is 13.2 Å². The first-order chi connectivity index (χ1) is 13.3. The number of alkyl halides is 3. The SMILES string of the molecule is CCc1ccc(Sc2nc(Cl)nc(Nc3ccc(OC(F)(F)F)cc3)n2)cc1.